The molecular formula is C10H11O2. The smallest absolute Gasteiger partial charge is 0.164 e. The Bertz CT molecular complexity index is 267. The third kappa shape index (κ3) is 1.13. The van der Waals surface area contributed by atoms with Gasteiger partial charge in [-0.1, -0.05) is 12.1 Å². The van der Waals surface area contributed by atoms with E-state index in [0.717, 1.165) is 23.5 Å². The summed E-state index contributed by atoms with van der Waals surface area (Å²) < 4.78 is 10.9. The van der Waals surface area contributed by atoms with Gasteiger partial charge in [0.1, 0.15) is 13.2 Å². The maximum Gasteiger partial charge on any atom is 0.164 e. The van der Waals surface area contributed by atoms with E-state index in [0.29, 0.717) is 13.2 Å². The van der Waals surface area contributed by atoms with Gasteiger partial charge in [-0.2, -0.15) is 0 Å². The minimum Gasteiger partial charge on any atom is -0.486 e. The van der Waals surface area contributed by atoms with Crippen molar-refractivity contribution < 1.29 is 9.47 Å². The number of ether oxygens (including phenoxy) is 2. The first kappa shape index (κ1) is 7.47. The first-order valence-corrected chi connectivity index (χ1v) is 4.08. The summed E-state index contributed by atoms with van der Waals surface area (Å²) >= 11 is 0. The van der Waals surface area contributed by atoms with Gasteiger partial charge < -0.3 is 9.47 Å². The number of benzene rings is 1. The lowest BCUT2D eigenvalue weighted by atomic mass is 10.1. The number of para-hydroxylation sites is 1. The molecule has 0 saturated carbocycles. The van der Waals surface area contributed by atoms with E-state index in [-0.39, 0.29) is 0 Å². The Balaban J connectivity index is 2.44. The molecule has 2 heteroatoms. The van der Waals surface area contributed by atoms with Crippen LogP contribution in [0, 0.1) is 6.92 Å². The fraction of sp³-hybridized carbons (Fsp3) is 0.300. The van der Waals surface area contributed by atoms with Gasteiger partial charge in [0, 0.05) is 0 Å². The molecule has 2 nitrogen and oxygen atoms in total. The summed E-state index contributed by atoms with van der Waals surface area (Å²) in [7, 11) is 0. The molecule has 0 fully saturated rings. The fourth-order valence-electron chi connectivity index (χ4n) is 1.33. The highest BCUT2D eigenvalue weighted by molar-refractivity contribution is 5.47. The quantitative estimate of drug-likeness (QED) is 0.628. The number of hydrogen-bond acceptors (Lipinski definition) is 2. The Hall–Kier alpha value is -1.18. The van der Waals surface area contributed by atoms with Gasteiger partial charge in [0.05, 0.1) is 0 Å². The van der Waals surface area contributed by atoms with E-state index >= 15 is 0 Å². The second-order valence-corrected chi connectivity index (χ2v) is 2.69. The van der Waals surface area contributed by atoms with Gasteiger partial charge in [0.25, 0.3) is 0 Å². The molecule has 1 aliphatic rings. The molecular weight excluding hydrogens is 152 g/mol. The van der Waals surface area contributed by atoms with Crippen LogP contribution in [0.5, 0.6) is 11.5 Å². The molecule has 1 aromatic rings. The Morgan fingerprint density at radius 2 is 2.08 bits per heavy atom. The Morgan fingerprint density at radius 3 is 2.92 bits per heavy atom. The van der Waals surface area contributed by atoms with Crippen LogP contribution in [-0.4, -0.2) is 13.2 Å². The molecule has 1 aromatic carbocycles. The largest absolute Gasteiger partial charge is 0.486 e. The lowest BCUT2D eigenvalue weighted by molar-refractivity contribution is 0.170. The highest BCUT2D eigenvalue weighted by atomic mass is 16.6. The van der Waals surface area contributed by atoms with Crippen LogP contribution in [-0.2, 0) is 6.42 Å². The average molecular weight is 163 g/mol. The minimum absolute atomic E-state index is 0.643. The molecule has 1 aliphatic heterocycles. The van der Waals surface area contributed by atoms with Gasteiger partial charge in [-0.25, -0.2) is 0 Å². The molecule has 0 amide bonds. The van der Waals surface area contributed by atoms with Gasteiger partial charge in [0.2, 0.25) is 0 Å². The zero-order chi connectivity index (χ0) is 8.39. The Kier molecular flexibility index (Phi) is 1.90. The highest BCUT2D eigenvalue weighted by Crippen LogP contribution is 2.33. The van der Waals surface area contributed by atoms with Crippen molar-refractivity contribution in [1.82, 2.24) is 0 Å². The van der Waals surface area contributed by atoms with Crippen LogP contribution in [0.25, 0.3) is 0 Å². The van der Waals surface area contributed by atoms with Crippen LogP contribution in [0.3, 0.4) is 0 Å². The van der Waals surface area contributed by atoms with Crippen molar-refractivity contribution in [2.75, 3.05) is 13.2 Å². The highest BCUT2D eigenvalue weighted by Gasteiger charge is 2.13. The summed E-state index contributed by atoms with van der Waals surface area (Å²) in [5.41, 5.74) is 1.12. The first-order valence-electron chi connectivity index (χ1n) is 4.08. The van der Waals surface area contributed by atoms with E-state index in [2.05, 4.69) is 6.92 Å². The third-order valence-corrected chi connectivity index (χ3v) is 1.92. The maximum absolute atomic E-state index is 5.48. The van der Waals surface area contributed by atoms with Crippen LogP contribution in [0.15, 0.2) is 18.2 Å². The van der Waals surface area contributed by atoms with Gasteiger partial charge in [-0.3, -0.25) is 0 Å². The van der Waals surface area contributed by atoms with E-state index in [9.17, 15) is 0 Å². The monoisotopic (exact) mass is 163 g/mol. The van der Waals surface area contributed by atoms with Crippen molar-refractivity contribution >= 4 is 0 Å². The van der Waals surface area contributed by atoms with Crippen LogP contribution in [0.1, 0.15) is 5.56 Å². The zero-order valence-electron chi connectivity index (χ0n) is 6.88. The molecule has 2 rings (SSSR count). The molecule has 1 radical (unpaired) electrons. The molecule has 0 atom stereocenters. The third-order valence-electron chi connectivity index (χ3n) is 1.92. The minimum atomic E-state index is 0.643. The molecule has 0 spiro atoms. The van der Waals surface area contributed by atoms with E-state index in [4.69, 9.17) is 9.47 Å². The van der Waals surface area contributed by atoms with E-state index in [1.54, 1.807) is 0 Å². The second kappa shape index (κ2) is 3.05. The predicted octanol–water partition coefficient (Wildman–Crippen LogP) is 1.83. The first-order chi connectivity index (χ1) is 5.92. The van der Waals surface area contributed by atoms with Gasteiger partial charge in [-0.15, -0.1) is 0 Å². The summed E-state index contributed by atoms with van der Waals surface area (Å²) in [6, 6.07) is 5.90. The van der Waals surface area contributed by atoms with E-state index < -0.39 is 0 Å². The summed E-state index contributed by atoms with van der Waals surface area (Å²) in [4.78, 5) is 0. The summed E-state index contributed by atoms with van der Waals surface area (Å²) in [6.07, 6.45) is 0.743. The van der Waals surface area contributed by atoms with Gasteiger partial charge in [-0.05, 0) is 25.0 Å². The summed E-state index contributed by atoms with van der Waals surface area (Å²) in [5, 5.41) is 0. The summed E-state index contributed by atoms with van der Waals surface area (Å²) in [5.74, 6) is 1.72. The normalized spacial score (nSPS) is 14.4. The second-order valence-electron chi connectivity index (χ2n) is 2.69. The van der Waals surface area contributed by atoms with Crippen molar-refractivity contribution in [3.63, 3.8) is 0 Å². The van der Waals surface area contributed by atoms with Gasteiger partial charge in [0.15, 0.2) is 11.5 Å². The number of fused-ring (bicyclic) bond motifs is 1. The average Bonchev–Trinajstić information content (AvgIpc) is 2.17. The molecule has 0 unspecified atom stereocenters. The van der Waals surface area contributed by atoms with Crippen LogP contribution in [0.2, 0.25) is 0 Å². The number of rotatable bonds is 1. The predicted molar refractivity (Wildman–Crippen MR) is 46.5 cm³/mol. The topological polar surface area (TPSA) is 18.5 Å². The SMILES string of the molecule is [CH2]Cc1cccc2c1OCCO2. The van der Waals surface area contributed by atoms with Crippen molar-refractivity contribution in [1.29, 1.82) is 0 Å². The van der Waals surface area contributed by atoms with Crippen LogP contribution in [0.4, 0.5) is 0 Å². The van der Waals surface area contributed by atoms with E-state index in [1.807, 2.05) is 18.2 Å². The summed E-state index contributed by atoms with van der Waals surface area (Å²) in [6.45, 7) is 5.12. The molecule has 0 N–H and O–H groups in total. The lowest BCUT2D eigenvalue weighted by Crippen LogP contribution is -2.16. The Labute approximate surface area is 72.1 Å². The molecule has 0 saturated heterocycles. The molecule has 0 aromatic heterocycles. The molecule has 63 valence electrons. The Morgan fingerprint density at radius 1 is 1.25 bits per heavy atom. The van der Waals surface area contributed by atoms with Crippen molar-refractivity contribution in [2.24, 2.45) is 0 Å². The zero-order valence-corrected chi connectivity index (χ0v) is 6.88. The van der Waals surface area contributed by atoms with Crippen LogP contribution < -0.4 is 9.47 Å². The fourth-order valence-corrected chi connectivity index (χ4v) is 1.33. The molecule has 12 heavy (non-hydrogen) atoms. The van der Waals surface area contributed by atoms with E-state index in [1.165, 1.54) is 0 Å². The van der Waals surface area contributed by atoms with Crippen LogP contribution >= 0.6 is 0 Å². The number of hydrogen-bond donors (Lipinski definition) is 0. The maximum atomic E-state index is 5.48. The standard InChI is InChI=1S/C10H11O2/c1-2-8-4-3-5-9-10(8)12-7-6-11-9/h3-5H,1-2,6-7H2. The van der Waals surface area contributed by atoms with Crippen molar-refractivity contribution in [3.8, 4) is 11.5 Å². The molecule has 1 heterocycles. The van der Waals surface area contributed by atoms with Crippen molar-refractivity contribution in [2.45, 2.75) is 6.42 Å². The van der Waals surface area contributed by atoms with Gasteiger partial charge >= 0.3 is 0 Å². The molecule has 0 aliphatic carbocycles. The molecule has 0 bridgehead atoms. The van der Waals surface area contributed by atoms with Crippen molar-refractivity contribution in [3.05, 3.63) is 30.7 Å². The lowest BCUT2D eigenvalue weighted by Gasteiger charge is -2.20.